The lowest BCUT2D eigenvalue weighted by Gasteiger charge is -2.25. The number of benzene rings is 1. The molecule has 0 bridgehead atoms. The summed E-state index contributed by atoms with van der Waals surface area (Å²) in [5, 5.41) is 3.57. The Morgan fingerprint density at radius 2 is 2.05 bits per heavy atom. The van der Waals surface area contributed by atoms with E-state index in [4.69, 9.17) is 16.3 Å². The molecule has 0 spiro atoms. The summed E-state index contributed by atoms with van der Waals surface area (Å²) in [6, 6.07) is 5.41. The molecule has 0 fully saturated rings. The average Bonchev–Trinajstić information content (AvgIpc) is 2.37. The highest BCUT2D eigenvalue weighted by molar-refractivity contribution is 6.30. The van der Waals surface area contributed by atoms with Gasteiger partial charge < -0.3 is 10.1 Å². The van der Waals surface area contributed by atoms with Crippen LogP contribution in [-0.4, -0.2) is 37.0 Å². The van der Waals surface area contributed by atoms with Gasteiger partial charge in [-0.15, -0.1) is 0 Å². The quantitative estimate of drug-likeness (QED) is 0.878. The Bertz CT molecular complexity index is 463. The van der Waals surface area contributed by atoms with E-state index in [0.29, 0.717) is 11.6 Å². The van der Waals surface area contributed by atoms with Crippen LogP contribution in [0.1, 0.15) is 26.3 Å². The summed E-state index contributed by atoms with van der Waals surface area (Å²) in [6.07, 6.45) is 0. The van der Waals surface area contributed by atoms with Crippen molar-refractivity contribution >= 4 is 17.5 Å². The molecule has 0 heterocycles. The predicted octanol–water partition coefficient (Wildman–Crippen LogP) is 2.69. The molecule has 0 radical (unpaired) electrons. The van der Waals surface area contributed by atoms with Crippen molar-refractivity contribution in [3.05, 3.63) is 28.8 Å². The zero-order valence-electron chi connectivity index (χ0n) is 12.7. The van der Waals surface area contributed by atoms with Crippen molar-refractivity contribution in [3.8, 4) is 5.75 Å². The van der Waals surface area contributed by atoms with Crippen LogP contribution in [0.5, 0.6) is 5.75 Å². The van der Waals surface area contributed by atoms with E-state index in [1.54, 1.807) is 13.2 Å². The minimum absolute atomic E-state index is 0.0171. The first-order valence-corrected chi connectivity index (χ1v) is 7.06. The highest BCUT2D eigenvalue weighted by Gasteiger charge is 2.19. The second-order valence-electron chi connectivity index (χ2n) is 5.21. The molecule has 0 saturated carbocycles. The van der Waals surface area contributed by atoms with Gasteiger partial charge in [-0.05, 0) is 46.0 Å². The van der Waals surface area contributed by atoms with Crippen LogP contribution < -0.4 is 10.1 Å². The smallest absolute Gasteiger partial charge is 0.237 e. The molecule has 1 N–H and O–H groups in total. The normalized spacial score (nSPS) is 12.6. The van der Waals surface area contributed by atoms with Gasteiger partial charge in [-0.25, -0.2) is 0 Å². The van der Waals surface area contributed by atoms with Crippen molar-refractivity contribution < 1.29 is 9.53 Å². The topological polar surface area (TPSA) is 41.6 Å². The largest absolute Gasteiger partial charge is 0.496 e. The van der Waals surface area contributed by atoms with Crippen LogP contribution in [-0.2, 0) is 11.3 Å². The first-order chi connectivity index (χ1) is 9.35. The summed E-state index contributed by atoms with van der Waals surface area (Å²) >= 11 is 6.01. The number of halogens is 1. The van der Waals surface area contributed by atoms with Gasteiger partial charge in [0.15, 0.2) is 0 Å². The van der Waals surface area contributed by atoms with Gasteiger partial charge in [-0.2, -0.15) is 0 Å². The zero-order valence-corrected chi connectivity index (χ0v) is 13.5. The van der Waals surface area contributed by atoms with Gasteiger partial charge in [0.05, 0.1) is 13.2 Å². The van der Waals surface area contributed by atoms with E-state index in [2.05, 4.69) is 5.32 Å². The molecule has 112 valence electrons. The molecule has 1 rings (SSSR count). The van der Waals surface area contributed by atoms with Crippen molar-refractivity contribution in [2.24, 2.45) is 0 Å². The molecular weight excluding hydrogens is 276 g/mol. The van der Waals surface area contributed by atoms with Gasteiger partial charge in [0.25, 0.3) is 0 Å². The molecule has 0 unspecified atom stereocenters. The number of carbonyl (C=O) groups is 1. The number of rotatable bonds is 6. The monoisotopic (exact) mass is 298 g/mol. The Kier molecular flexibility index (Phi) is 6.30. The number of nitrogens with one attached hydrogen (secondary N) is 1. The van der Waals surface area contributed by atoms with E-state index in [0.717, 1.165) is 11.3 Å². The maximum atomic E-state index is 12.0. The summed E-state index contributed by atoms with van der Waals surface area (Å²) in [5.74, 6) is 0.793. The third-order valence-electron chi connectivity index (χ3n) is 3.13. The first kappa shape index (κ1) is 16.8. The molecule has 5 heteroatoms. The molecule has 0 aliphatic rings. The summed E-state index contributed by atoms with van der Waals surface area (Å²) in [6.45, 7) is 6.38. The van der Waals surface area contributed by atoms with Crippen LogP contribution in [0.4, 0.5) is 0 Å². The van der Waals surface area contributed by atoms with Gasteiger partial charge in [0.2, 0.25) is 5.91 Å². The maximum absolute atomic E-state index is 12.0. The van der Waals surface area contributed by atoms with E-state index in [-0.39, 0.29) is 18.0 Å². The third-order valence-corrected chi connectivity index (χ3v) is 3.37. The Morgan fingerprint density at radius 1 is 1.40 bits per heavy atom. The fraction of sp³-hybridized carbons (Fsp3) is 0.533. The molecule has 1 aromatic carbocycles. The second kappa shape index (κ2) is 7.50. The van der Waals surface area contributed by atoms with Crippen LogP contribution in [0.25, 0.3) is 0 Å². The Labute approximate surface area is 126 Å². The van der Waals surface area contributed by atoms with E-state index >= 15 is 0 Å². The lowest BCUT2D eigenvalue weighted by atomic mass is 10.1. The highest BCUT2D eigenvalue weighted by atomic mass is 35.5. The number of ether oxygens (including phenoxy) is 1. The van der Waals surface area contributed by atoms with E-state index < -0.39 is 0 Å². The number of carbonyl (C=O) groups excluding carboxylic acids is 1. The fourth-order valence-corrected chi connectivity index (χ4v) is 2.08. The van der Waals surface area contributed by atoms with E-state index in [9.17, 15) is 4.79 Å². The maximum Gasteiger partial charge on any atom is 0.237 e. The Hall–Kier alpha value is -1.26. The fourth-order valence-electron chi connectivity index (χ4n) is 1.88. The molecule has 0 aliphatic carbocycles. The van der Waals surface area contributed by atoms with Crippen molar-refractivity contribution in [1.29, 1.82) is 0 Å². The van der Waals surface area contributed by atoms with Crippen molar-refractivity contribution in [2.45, 2.75) is 39.4 Å². The van der Waals surface area contributed by atoms with Gasteiger partial charge >= 0.3 is 0 Å². The molecule has 0 aliphatic heterocycles. The van der Waals surface area contributed by atoms with Gasteiger partial charge in [0.1, 0.15) is 5.75 Å². The number of likely N-dealkylation sites (N-methyl/N-ethyl adjacent to an activating group) is 1. The lowest BCUT2D eigenvalue weighted by Crippen LogP contribution is -2.45. The number of amides is 1. The standard InChI is InChI=1S/C15H23ClN2O2/c1-10(2)17-15(19)11(3)18(4)9-12-8-13(16)6-7-14(12)20-5/h6-8,10-11H,9H2,1-5H3,(H,17,19)/t11-/m1/s1. The summed E-state index contributed by atoms with van der Waals surface area (Å²) in [5.41, 5.74) is 0.965. The van der Waals surface area contributed by atoms with Crippen molar-refractivity contribution in [2.75, 3.05) is 14.2 Å². The van der Waals surface area contributed by atoms with Crippen LogP contribution in [0.15, 0.2) is 18.2 Å². The van der Waals surface area contributed by atoms with Crippen molar-refractivity contribution in [3.63, 3.8) is 0 Å². The number of hydrogen-bond acceptors (Lipinski definition) is 3. The van der Waals surface area contributed by atoms with Gasteiger partial charge in [0, 0.05) is 23.2 Å². The third kappa shape index (κ3) is 4.69. The lowest BCUT2D eigenvalue weighted by molar-refractivity contribution is -0.126. The summed E-state index contributed by atoms with van der Waals surface area (Å²) in [4.78, 5) is 14.0. The van der Waals surface area contributed by atoms with Crippen LogP contribution in [0.3, 0.4) is 0 Å². The molecule has 4 nitrogen and oxygen atoms in total. The highest BCUT2D eigenvalue weighted by Crippen LogP contribution is 2.24. The average molecular weight is 299 g/mol. The first-order valence-electron chi connectivity index (χ1n) is 6.68. The second-order valence-corrected chi connectivity index (χ2v) is 5.65. The van der Waals surface area contributed by atoms with Gasteiger partial charge in [-0.3, -0.25) is 9.69 Å². The minimum atomic E-state index is -0.221. The van der Waals surface area contributed by atoms with Crippen LogP contribution in [0, 0.1) is 0 Å². The summed E-state index contributed by atoms with van der Waals surface area (Å²) in [7, 11) is 3.53. The summed E-state index contributed by atoms with van der Waals surface area (Å²) < 4.78 is 5.32. The zero-order chi connectivity index (χ0) is 15.3. The molecule has 0 aromatic heterocycles. The predicted molar refractivity (Wildman–Crippen MR) is 82.2 cm³/mol. The van der Waals surface area contributed by atoms with E-state index in [1.165, 1.54) is 0 Å². The van der Waals surface area contributed by atoms with Crippen molar-refractivity contribution in [1.82, 2.24) is 10.2 Å². The van der Waals surface area contributed by atoms with Crippen LogP contribution >= 0.6 is 11.6 Å². The molecular formula is C15H23ClN2O2. The minimum Gasteiger partial charge on any atom is -0.496 e. The van der Waals surface area contributed by atoms with Crippen LogP contribution in [0.2, 0.25) is 5.02 Å². The number of hydrogen-bond donors (Lipinski definition) is 1. The van der Waals surface area contributed by atoms with E-state index in [1.807, 2.05) is 44.9 Å². The molecule has 0 saturated heterocycles. The van der Waals surface area contributed by atoms with Gasteiger partial charge in [-0.1, -0.05) is 11.6 Å². The number of methoxy groups -OCH3 is 1. The molecule has 1 atom stereocenters. The molecule has 20 heavy (non-hydrogen) atoms. The Morgan fingerprint density at radius 3 is 2.60 bits per heavy atom. The molecule has 1 amide bonds. The Balaban J connectivity index is 2.77. The molecule has 1 aromatic rings. The SMILES string of the molecule is COc1ccc(Cl)cc1CN(C)[C@H](C)C(=O)NC(C)C. The number of nitrogens with zero attached hydrogens (tertiary/aromatic N) is 1.